The first-order valence-electron chi connectivity index (χ1n) is 28.5. The molecule has 0 unspecified atom stereocenters. The molecule has 0 fully saturated rings. The molecular weight excluding hydrogens is 1070 g/mol. The number of fused-ring (bicyclic) bond motifs is 6. The van der Waals surface area contributed by atoms with E-state index in [-0.39, 0.29) is 10.8 Å². The van der Waals surface area contributed by atoms with Gasteiger partial charge in [0.25, 0.3) is 0 Å². The summed E-state index contributed by atoms with van der Waals surface area (Å²) in [4.78, 5) is 0. The molecule has 0 saturated carbocycles. The van der Waals surface area contributed by atoms with Gasteiger partial charge in [0.2, 0.25) is 0 Å². The predicted molar refractivity (Wildman–Crippen MR) is 352 cm³/mol. The van der Waals surface area contributed by atoms with Gasteiger partial charge in [-0.05, 0) is 148 Å². The van der Waals surface area contributed by atoms with Crippen molar-refractivity contribution in [1.29, 1.82) is 0 Å². The number of hydrogen-bond donors (Lipinski definition) is 1. The first kappa shape index (κ1) is 52.5. The van der Waals surface area contributed by atoms with Gasteiger partial charge in [0, 0.05) is 10.2 Å². The molecule has 15 rings (SSSR count). The van der Waals surface area contributed by atoms with Crippen LogP contribution >= 0.6 is 15.9 Å². The molecule has 0 aromatic heterocycles. The molecule has 0 heterocycles. The third-order valence-corrected chi connectivity index (χ3v) is 17.1. The fraction of sp³-hybridized carbons (Fsp3) is 0.0370. The molecule has 83 heavy (non-hydrogen) atoms. The van der Waals surface area contributed by atoms with Gasteiger partial charge in [-0.1, -0.05) is 325 Å². The van der Waals surface area contributed by atoms with Gasteiger partial charge >= 0.3 is 0 Å². The van der Waals surface area contributed by atoms with E-state index in [4.69, 9.17) is 5.73 Å². The number of nitrogens with two attached hydrogens (primary N) is 1. The zero-order chi connectivity index (χ0) is 56.0. The standard InChI is InChI=1S/C44H32.C25H17Br.C12H11N/c1-4-12-34(13-5-1)35-24-20-32(21-25-35)30-33-22-26-36(27-23-33)37-28-29-41-40-18-10-11-19-42(40)44(43(41)31-37,38-14-6-2-7-15-38)39-16-8-3-9-17-39;26-20-15-16-22-21-13-7-8-14-23(21)25(24(22)17-20,18-9-3-1-4-10-18)19-11-5-2-6-12-19;13-12-8-6-11(7-9-12)10-4-2-1-3-5-10/h1-29,31H,30H2;1-17H;1-9H,13H2. The van der Waals surface area contributed by atoms with Crippen molar-refractivity contribution in [3.63, 3.8) is 0 Å². The zero-order valence-electron chi connectivity index (χ0n) is 46.0. The Kier molecular flexibility index (Phi) is 14.7. The number of halogens is 1. The highest BCUT2D eigenvalue weighted by Gasteiger charge is 2.47. The van der Waals surface area contributed by atoms with Crippen molar-refractivity contribution in [2.45, 2.75) is 17.3 Å². The van der Waals surface area contributed by atoms with Crippen LogP contribution in [0.2, 0.25) is 0 Å². The SMILES string of the molecule is Brc1ccc2c(c1)C(c1ccccc1)(c1ccccc1)c1ccccc1-2.Nc1ccc(-c2ccccc2)cc1.c1ccc(-c2ccc(Cc3ccc(-c4ccc5c(c4)C(c4ccccc4)(c4ccccc4)c4ccccc4-5)cc3)cc2)cc1. The van der Waals surface area contributed by atoms with Gasteiger partial charge in [-0.25, -0.2) is 0 Å². The van der Waals surface area contributed by atoms with E-state index in [1.54, 1.807) is 0 Å². The fourth-order valence-corrected chi connectivity index (χ4v) is 13.2. The molecule has 0 saturated heterocycles. The normalized spacial score (nSPS) is 12.7. The molecule has 13 aromatic carbocycles. The Morgan fingerprint density at radius 1 is 0.241 bits per heavy atom. The van der Waals surface area contributed by atoms with E-state index >= 15 is 0 Å². The number of benzene rings is 13. The van der Waals surface area contributed by atoms with Crippen molar-refractivity contribution in [2.75, 3.05) is 5.73 Å². The van der Waals surface area contributed by atoms with Crippen LogP contribution in [-0.2, 0) is 17.3 Å². The molecule has 2 aliphatic carbocycles. The number of rotatable bonds is 9. The van der Waals surface area contributed by atoms with Crippen LogP contribution < -0.4 is 5.73 Å². The smallest absolute Gasteiger partial charge is 0.0713 e. The van der Waals surface area contributed by atoms with E-state index in [9.17, 15) is 0 Å². The first-order chi connectivity index (χ1) is 41.0. The minimum absolute atomic E-state index is 0.293. The number of nitrogen functional groups attached to an aromatic ring is 1. The average molecular weight is 1130 g/mol. The van der Waals surface area contributed by atoms with Crippen LogP contribution in [0, 0.1) is 0 Å². The molecule has 13 aromatic rings. The first-order valence-corrected chi connectivity index (χ1v) is 29.3. The van der Waals surface area contributed by atoms with Crippen molar-refractivity contribution in [1.82, 2.24) is 0 Å². The van der Waals surface area contributed by atoms with Gasteiger partial charge in [-0.3, -0.25) is 0 Å². The summed E-state index contributed by atoms with van der Waals surface area (Å²) in [7, 11) is 0. The molecule has 2 aliphatic rings. The summed E-state index contributed by atoms with van der Waals surface area (Å²) >= 11 is 3.71. The second-order valence-corrected chi connectivity index (χ2v) is 22.3. The van der Waals surface area contributed by atoms with Gasteiger partial charge in [0.05, 0.1) is 10.8 Å². The highest BCUT2D eigenvalue weighted by molar-refractivity contribution is 9.10. The Balaban J connectivity index is 0.000000138. The second-order valence-electron chi connectivity index (χ2n) is 21.4. The van der Waals surface area contributed by atoms with Crippen LogP contribution in [0.25, 0.3) is 55.6 Å². The van der Waals surface area contributed by atoms with Crippen LogP contribution in [0.4, 0.5) is 5.69 Å². The number of hydrogen-bond acceptors (Lipinski definition) is 1. The highest BCUT2D eigenvalue weighted by atomic mass is 79.9. The third-order valence-electron chi connectivity index (χ3n) is 16.7. The lowest BCUT2D eigenvalue weighted by Gasteiger charge is -2.34. The summed E-state index contributed by atoms with van der Waals surface area (Å²) in [6.07, 6.45) is 0.917. The van der Waals surface area contributed by atoms with Crippen molar-refractivity contribution in [2.24, 2.45) is 0 Å². The van der Waals surface area contributed by atoms with Gasteiger partial charge in [0.1, 0.15) is 0 Å². The molecule has 0 atom stereocenters. The van der Waals surface area contributed by atoms with E-state index in [0.717, 1.165) is 16.6 Å². The summed E-state index contributed by atoms with van der Waals surface area (Å²) in [5.74, 6) is 0. The molecule has 0 spiro atoms. The largest absolute Gasteiger partial charge is 0.399 e. The molecule has 0 amide bonds. The molecular formula is C81H60BrN. The summed E-state index contributed by atoms with van der Waals surface area (Å²) in [5, 5.41) is 0. The van der Waals surface area contributed by atoms with Crippen LogP contribution in [0.1, 0.15) is 55.6 Å². The van der Waals surface area contributed by atoms with Crippen molar-refractivity contribution >= 4 is 21.6 Å². The summed E-state index contributed by atoms with van der Waals surface area (Å²) < 4.78 is 1.11. The van der Waals surface area contributed by atoms with E-state index in [1.807, 2.05) is 42.5 Å². The number of anilines is 1. The van der Waals surface area contributed by atoms with E-state index in [1.165, 1.54) is 111 Å². The summed E-state index contributed by atoms with van der Waals surface area (Å²) in [6.45, 7) is 0. The monoisotopic (exact) mass is 1130 g/mol. The van der Waals surface area contributed by atoms with E-state index < -0.39 is 0 Å². The topological polar surface area (TPSA) is 26.0 Å². The predicted octanol–water partition coefficient (Wildman–Crippen LogP) is 20.7. The lowest BCUT2D eigenvalue weighted by Crippen LogP contribution is -2.28. The Bertz CT molecular complexity index is 4220. The molecule has 0 bridgehead atoms. The molecule has 396 valence electrons. The van der Waals surface area contributed by atoms with E-state index in [0.29, 0.717) is 0 Å². The molecule has 1 nitrogen and oxygen atoms in total. The van der Waals surface area contributed by atoms with Crippen LogP contribution in [0.15, 0.2) is 344 Å². The van der Waals surface area contributed by atoms with Gasteiger partial charge in [0.15, 0.2) is 0 Å². The van der Waals surface area contributed by atoms with Crippen LogP contribution in [0.5, 0.6) is 0 Å². The van der Waals surface area contributed by atoms with Crippen LogP contribution in [0.3, 0.4) is 0 Å². The zero-order valence-corrected chi connectivity index (χ0v) is 47.6. The Labute approximate surface area is 496 Å². The van der Waals surface area contributed by atoms with E-state index in [2.05, 4.69) is 313 Å². The Morgan fingerprint density at radius 3 is 0.940 bits per heavy atom. The maximum absolute atomic E-state index is 5.60. The van der Waals surface area contributed by atoms with Gasteiger partial charge in [-0.2, -0.15) is 0 Å². The van der Waals surface area contributed by atoms with Crippen molar-refractivity contribution in [3.8, 4) is 55.6 Å². The van der Waals surface area contributed by atoms with Crippen LogP contribution in [-0.4, -0.2) is 0 Å². The Morgan fingerprint density at radius 2 is 0.530 bits per heavy atom. The minimum Gasteiger partial charge on any atom is -0.399 e. The molecule has 2 heteroatoms. The summed E-state index contributed by atoms with van der Waals surface area (Å²) in [6, 6.07) is 122. The molecule has 2 N–H and O–H groups in total. The second kappa shape index (κ2) is 23.3. The molecule has 0 aliphatic heterocycles. The average Bonchev–Trinajstić information content (AvgIpc) is 1.96. The molecule has 0 radical (unpaired) electrons. The third kappa shape index (κ3) is 10.0. The van der Waals surface area contributed by atoms with Gasteiger partial charge in [-0.15, -0.1) is 0 Å². The van der Waals surface area contributed by atoms with Gasteiger partial charge < -0.3 is 5.73 Å². The maximum Gasteiger partial charge on any atom is 0.0713 e. The van der Waals surface area contributed by atoms with Crippen molar-refractivity contribution in [3.05, 3.63) is 400 Å². The van der Waals surface area contributed by atoms with Crippen molar-refractivity contribution < 1.29 is 0 Å². The quantitative estimate of drug-likeness (QED) is 0.143. The lowest BCUT2D eigenvalue weighted by molar-refractivity contribution is 0.768. The highest BCUT2D eigenvalue weighted by Crippen LogP contribution is 2.58. The fourth-order valence-electron chi connectivity index (χ4n) is 12.8. The maximum atomic E-state index is 5.60. The lowest BCUT2D eigenvalue weighted by atomic mass is 9.67. The Hall–Kier alpha value is -9.86. The minimum atomic E-state index is -0.379. The summed E-state index contributed by atoms with van der Waals surface area (Å²) in [5.41, 5.74) is 31.6.